The Morgan fingerprint density at radius 3 is 2.95 bits per heavy atom. The van der Waals surface area contributed by atoms with E-state index in [2.05, 4.69) is 15.0 Å². The summed E-state index contributed by atoms with van der Waals surface area (Å²) in [4.78, 5) is 12.3. The molecule has 0 spiro atoms. The van der Waals surface area contributed by atoms with Crippen LogP contribution < -0.4 is 5.73 Å². The number of hydrogen-bond acceptors (Lipinski definition) is 8. The Hall–Kier alpha value is -1.81. The predicted octanol–water partition coefficient (Wildman–Crippen LogP) is -0.182. The van der Waals surface area contributed by atoms with Crippen LogP contribution in [-0.4, -0.2) is 55.3 Å². The van der Waals surface area contributed by atoms with Crippen LogP contribution in [0.5, 0.6) is 0 Å². The van der Waals surface area contributed by atoms with Gasteiger partial charge in [-0.2, -0.15) is 0 Å². The number of aromatic nitrogens is 4. The van der Waals surface area contributed by atoms with Crippen molar-refractivity contribution in [2.45, 2.75) is 44.2 Å². The molecule has 0 radical (unpaired) electrons. The Morgan fingerprint density at radius 1 is 1.32 bits per heavy atom. The first-order valence-electron chi connectivity index (χ1n) is 7.04. The quantitative estimate of drug-likeness (QED) is 0.745. The number of nitrogens with two attached hydrogens (primary N) is 1. The molecule has 9 heteroatoms. The number of ether oxygens (including phenoxy) is 3. The molecule has 0 saturated carbocycles. The Kier molecular flexibility index (Phi) is 2.89. The molecule has 0 bridgehead atoms. The number of fused-ring (bicyclic) bond motifs is 2. The highest BCUT2D eigenvalue weighted by Crippen LogP contribution is 2.38. The van der Waals surface area contributed by atoms with Gasteiger partial charge in [-0.05, 0) is 13.8 Å². The third-order valence-electron chi connectivity index (χ3n) is 3.94. The molecule has 4 rings (SSSR count). The third-order valence-corrected chi connectivity index (χ3v) is 3.94. The van der Waals surface area contributed by atoms with Crippen LogP contribution in [0.4, 0.5) is 5.82 Å². The minimum atomic E-state index is -0.908. The van der Waals surface area contributed by atoms with Crippen LogP contribution in [0.15, 0.2) is 12.7 Å². The molecule has 0 unspecified atom stereocenters. The van der Waals surface area contributed by atoms with E-state index >= 15 is 0 Å². The minimum Gasteiger partial charge on any atom is -0.386 e. The fraction of sp³-hybridized carbons (Fsp3) is 0.615. The molecule has 2 aliphatic rings. The van der Waals surface area contributed by atoms with Crippen LogP contribution >= 0.6 is 0 Å². The molecule has 22 heavy (non-hydrogen) atoms. The molecule has 4 atom stereocenters. The SMILES string of the molecule is CC1(C)O[C@@H]2[C@@H](O)[C@H](n3cnc4c(N)ncnc43)OC[C@@H]2O1. The molecule has 2 aliphatic heterocycles. The Bertz CT molecular complexity index is 718. The summed E-state index contributed by atoms with van der Waals surface area (Å²) in [6.45, 7) is 3.94. The number of aliphatic hydroxyl groups excluding tert-OH is 1. The fourth-order valence-corrected chi connectivity index (χ4v) is 3.04. The average molecular weight is 307 g/mol. The molecule has 0 aromatic carbocycles. The first kappa shape index (κ1) is 13.8. The first-order valence-corrected chi connectivity index (χ1v) is 7.04. The second-order valence-electron chi connectivity index (χ2n) is 5.94. The highest BCUT2D eigenvalue weighted by Gasteiger charge is 2.51. The summed E-state index contributed by atoms with van der Waals surface area (Å²) >= 11 is 0. The van der Waals surface area contributed by atoms with Gasteiger partial charge < -0.3 is 25.1 Å². The van der Waals surface area contributed by atoms with Gasteiger partial charge >= 0.3 is 0 Å². The van der Waals surface area contributed by atoms with E-state index in [9.17, 15) is 5.11 Å². The molecule has 0 amide bonds. The van der Waals surface area contributed by atoms with Crippen molar-refractivity contribution in [1.82, 2.24) is 19.5 Å². The lowest BCUT2D eigenvalue weighted by atomic mass is 10.0. The monoisotopic (exact) mass is 307 g/mol. The molecule has 2 aromatic rings. The molecule has 9 nitrogen and oxygen atoms in total. The second-order valence-corrected chi connectivity index (χ2v) is 5.94. The lowest BCUT2D eigenvalue weighted by molar-refractivity contribution is -0.180. The summed E-state index contributed by atoms with van der Waals surface area (Å²) in [5.74, 6) is -0.452. The molecule has 118 valence electrons. The zero-order valence-electron chi connectivity index (χ0n) is 12.2. The number of anilines is 1. The predicted molar refractivity (Wildman–Crippen MR) is 74.6 cm³/mol. The summed E-state index contributed by atoms with van der Waals surface area (Å²) < 4.78 is 18.9. The summed E-state index contributed by atoms with van der Waals surface area (Å²) in [5.41, 5.74) is 6.76. The standard InChI is InChI=1S/C13H17N5O4/c1-13(2)21-6-3-20-12(8(19)9(6)22-13)18-5-17-7-10(14)15-4-16-11(7)18/h4-6,8-9,12,19H,3H2,1-2H3,(H2,14,15,16)/t6-,8+,9-,12+/m0/s1. The number of aliphatic hydroxyl groups is 1. The number of imidazole rings is 1. The summed E-state index contributed by atoms with van der Waals surface area (Å²) in [6, 6.07) is 0. The van der Waals surface area contributed by atoms with E-state index in [0.29, 0.717) is 17.8 Å². The van der Waals surface area contributed by atoms with Gasteiger partial charge in [-0.1, -0.05) is 0 Å². The fourth-order valence-electron chi connectivity index (χ4n) is 3.04. The minimum absolute atomic E-state index is 0.286. The Labute approximate surface area is 126 Å². The lowest BCUT2D eigenvalue weighted by Crippen LogP contribution is -2.49. The lowest BCUT2D eigenvalue weighted by Gasteiger charge is -2.35. The maximum Gasteiger partial charge on any atom is 0.167 e. The molecule has 4 heterocycles. The normalized spacial score (nSPS) is 34.0. The van der Waals surface area contributed by atoms with Crippen molar-refractivity contribution >= 4 is 17.0 Å². The first-order chi connectivity index (χ1) is 10.5. The molecule has 2 aromatic heterocycles. The van der Waals surface area contributed by atoms with Gasteiger partial charge in [-0.15, -0.1) is 0 Å². The smallest absolute Gasteiger partial charge is 0.167 e. The maximum absolute atomic E-state index is 10.6. The van der Waals surface area contributed by atoms with Gasteiger partial charge in [-0.25, -0.2) is 15.0 Å². The van der Waals surface area contributed by atoms with E-state index in [-0.39, 0.29) is 11.9 Å². The molecule has 3 N–H and O–H groups in total. The number of nitrogen functional groups attached to an aromatic ring is 1. The van der Waals surface area contributed by atoms with E-state index in [1.165, 1.54) is 12.7 Å². The van der Waals surface area contributed by atoms with Gasteiger partial charge in [0.25, 0.3) is 0 Å². The second kappa shape index (κ2) is 4.59. The van der Waals surface area contributed by atoms with Gasteiger partial charge in [0.1, 0.15) is 30.2 Å². The van der Waals surface area contributed by atoms with Crippen molar-refractivity contribution in [1.29, 1.82) is 0 Å². The largest absolute Gasteiger partial charge is 0.386 e. The van der Waals surface area contributed by atoms with E-state index < -0.39 is 24.2 Å². The number of hydrogen-bond donors (Lipinski definition) is 2. The van der Waals surface area contributed by atoms with E-state index in [4.69, 9.17) is 19.9 Å². The Morgan fingerprint density at radius 2 is 2.14 bits per heavy atom. The highest BCUT2D eigenvalue weighted by molar-refractivity contribution is 5.81. The maximum atomic E-state index is 10.6. The van der Waals surface area contributed by atoms with Crippen molar-refractivity contribution < 1.29 is 19.3 Å². The van der Waals surface area contributed by atoms with Crippen molar-refractivity contribution in [3.05, 3.63) is 12.7 Å². The van der Waals surface area contributed by atoms with E-state index in [1.54, 1.807) is 4.57 Å². The van der Waals surface area contributed by atoms with Gasteiger partial charge in [0, 0.05) is 0 Å². The molecule has 2 fully saturated rings. The summed E-state index contributed by atoms with van der Waals surface area (Å²) in [6.07, 6.45) is 0.546. The topological polar surface area (TPSA) is 118 Å². The highest BCUT2D eigenvalue weighted by atomic mass is 16.8. The molecular formula is C13H17N5O4. The van der Waals surface area contributed by atoms with Crippen LogP contribution in [-0.2, 0) is 14.2 Å². The van der Waals surface area contributed by atoms with Crippen LogP contribution in [0.3, 0.4) is 0 Å². The van der Waals surface area contributed by atoms with Gasteiger partial charge in [-0.3, -0.25) is 4.57 Å². The number of rotatable bonds is 1. The zero-order valence-corrected chi connectivity index (χ0v) is 12.2. The molecule has 0 aliphatic carbocycles. The van der Waals surface area contributed by atoms with Crippen molar-refractivity contribution in [2.24, 2.45) is 0 Å². The number of nitrogens with zero attached hydrogens (tertiary/aromatic N) is 4. The van der Waals surface area contributed by atoms with Crippen LogP contribution in [0, 0.1) is 0 Å². The van der Waals surface area contributed by atoms with E-state index in [1.807, 2.05) is 13.8 Å². The molecular weight excluding hydrogens is 290 g/mol. The summed E-state index contributed by atoms with van der Waals surface area (Å²) in [7, 11) is 0. The van der Waals surface area contributed by atoms with Gasteiger partial charge in [0.15, 0.2) is 23.5 Å². The molecule has 2 saturated heterocycles. The third kappa shape index (κ3) is 1.97. The van der Waals surface area contributed by atoms with E-state index in [0.717, 1.165) is 0 Å². The van der Waals surface area contributed by atoms with Crippen LogP contribution in [0.2, 0.25) is 0 Å². The van der Waals surface area contributed by atoms with Crippen LogP contribution in [0.25, 0.3) is 11.2 Å². The average Bonchev–Trinajstić information content (AvgIpc) is 3.01. The Balaban J connectivity index is 1.69. The van der Waals surface area contributed by atoms with Crippen LogP contribution in [0.1, 0.15) is 20.1 Å². The van der Waals surface area contributed by atoms with Crippen molar-refractivity contribution in [3.63, 3.8) is 0 Å². The zero-order chi connectivity index (χ0) is 15.5. The van der Waals surface area contributed by atoms with Gasteiger partial charge in [0.2, 0.25) is 0 Å². The van der Waals surface area contributed by atoms with Crippen molar-refractivity contribution in [3.8, 4) is 0 Å². The summed E-state index contributed by atoms with van der Waals surface area (Å²) in [5, 5.41) is 10.6. The van der Waals surface area contributed by atoms with Gasteiger partial charge in [0.05, 0.1) is 12.9 Å². The van der Waals surface area contributed by atoms with Crippen molar-refractivity contribution in [2.75, 3.05) is 12.3 Å².